The van der Waals surface area contributed by atoms with Gasteiger partial charge in [-0.1, -0.05) is 0 Å². The van der Waals surface area contributed by atoms with Gasteiger partial charge in [0.2, 0.25) is 0 Å². The molecule has 6 heavy (non-hydrogen) atoms. The third-order valence-electron chi connectivity index (χ3n) is 0.1000. The number of aliphatic hydroxyl groups excluding tert-OH is 2. The van der Waals surface area contributed by atoms with Crippen molar-refractivity contribution < 1.29 is 30.0 Å². The topological polar surface area (TPSA) is 57.5 Å². The summed E-state index contributed by atoms with van der Waals surface area (Å²) in [6, 6.07) is 0. The minimum absolute atomic E-state index is 0.125. The first-order valence-corrected chi connectivity index (χ1v) is 1.73. The van der Waals surface area contributed by atoms with Gasteiger partial charge >= 0.3 is 19.8 Å². The molecule has 0 unspecified atom stereocenters. The zero-order valence-electron chi connectivity index (χ0n) is 3.07. The molecule has 0 fully saturated rings. The van der Waals surface area contributed by atoms with Crippen LogP contribution in [0.25, 0.3) is 0 Å². The molecule has 0 aliphatic heterocycles. The van der Waals surface area contributed by atoms with E-state index < -0.39 is 0 Å². The van der Waals surface area contributed by atoms with Crippen molar-refractivity contribution in [3.63, 3.8) is 0 Å². The molecule has 0 atom stereocenters. The quantitative estimate of drug-likeness (QED) is 0.445. The van der Waals surface area contributed by atoms with Crippen molar-refractivity contribution in [1.82, 2.24) is 0 Å². The van der Waals surface area contributed by atoms with Crippen molar-refractivity contribution in [3.05, 3.63) is 0 Å². The molecular weight excluding hydrogens is 128 g/mol. The number of aliphatic hydroxyl groups is 2. The second-order valence-electron chi connectivity index (χ2n) is 0.447. The first kappa shape index (κ1) is 9.53. The van der Waals surface area contributed by atoms with E-state index in [4.69, 9.17) is 14.0 Å². The van der Waals surface area contributed by atoms with E-state index in [0.717, 1.165) is 0 Å². The van der Waals surface area contributed by atoms with Gasteiger partial charge in [-0.25, -0.2) is 0 Å². The predicted molar refractivity (Wildman–Crippen MR) is 14.9 cm³/mol. The third kappa shape index (κ3) is 29.0. The van der Waals surface area contributed by atoms with Crippen LogP contribution in [-0.4, -0.2) is 23.4 Å². The van der Waals surface area contributed by atoms with E-state index in [2.05, 4.69) is 0 Å². The normalized spacial score (nSPS) is 5.83. The van der Waals surface area contributed by atoms with Crippen LogP contribution in [0.15, 0.2) is 0 Å². The summed E-state index contributed by atoms with van der Waals surface area (Å²) in [6.07, 6.45) is 0. The number of rotatable bonds is 1. The van der Waals surface area contributed by atoms with Gasteiger partial charge < -0.3 is 10.2 Å². The van der Waals surface area contributed by atoms with E-state index in [1.54, 1.807) is 0 Å². The summed E-state index contributed by atoms with van der Waals surface area (Å²) in [5.74, 6) is 0. The molecule has 0 aromatic rings. The van der Waals surface area contributed by atoms with Crippen molar-refractivity contribution in [3.8, 4) is 0 Å². The molecule has 3 nitrogen and oxygen atoms in total. The Kier molecular flexibility index (Phi) is 29.8. The molecule has 40 valence electrons. The Labute approximate surface area is 44.0 Å². The minimum atomic E-state index is -0.125. The fourth-order valence-electron chi connectivity index (χ4n) is 0. The van der Waals surface area contributed by atoms with E-state index in [0.29, 0.717) is 0 Å². The van der Waals surface area contributed by atoms with Crippen molar-refractivity contribution in [2.24, 2.45) is 0 Å². The van der Waals surface area contributed by atoms with Gasteiger partial charge in [0.15, 0.2) is 0 Å². The molecule has 0 heterocycles. The molecule has 0 bridgehead atoms. The van der Waals surface area contributed by atoms with Crippen LogP contribution in [0.2, 0.25) is 0 Å². The molecular formula is C2H6FeO3. The van der Waals surface area contributed by atoms with Crippen molar-refractivity contribution >= 4 is 0 Å². The Morgan fingerprint density at radius 2 is 1.33 bits per heavy atom. The Bertz CT molecular complexity index is 16.3. The molecule has 0 aromatic carbocycles. The van der Waals surface area contributed by atoms with E-state index in [1.165, 1.54) is 0 Å². The van der Waals surface area contributed by atoms with Crippen LogP contribution in [0.3, 0.4) is 0 Å². The van der Waals surface area contributed by atoms with Crippen LogP contribution in [0.4, 0.5) is 0 Å². The van der Waals surface area contributed by atoms with Crippen molar-refractivity contribution in [1.29, 1.82) is 0 Å². The maximum atomic E-state index is 8.00. The summed E-state index contributed by atoms with van der Waals surface area (Å²) >= 11 is 2.00. The van der Waals surface area contributed by atoms with Crippen LogP contribution in [0.5, 0.6) is 0 Å². The van der Waals surface area contributed by atoms with Gasteiger partial charge in [-0.05, 0) is 0 Å². The molecule has 0 aliphatic rings. The van der Waals surface area contributed by atoms with Gasteiger partial charge in [-0.15, -0.1) is 0 Å². The van der Waals surface area contributed by atoms with Crippen LogP contribution < -0.4 is 0 Å². The van der Waals surface area contributed by atoms with E-state index in [9.17, 15) is 0 Å². The Morgan fingerprint density at radius 1 is 1.17 bits per heavy atom. The maximum absolute atomic E-state index is 8.00. The van der Waals surface area contributed by atoms with Crippen molar-refractivity contribution in [2.75, 3.05) is 13.2 Å². The fraction of sp³-hybridized carbons (Fsp3) is 1.00. The molecule has 0 aliphatic carbocycles. The molecule has 0 radical (unpaired) electrons. The summed E-state index contributed by atoms with van der Waals surface area (Å²) in [5, 5.41) is 15.2. The number of hydrogen-bond acceptors (Lipinski definition) is 3. The van der Waals surface area contributed by atoms with Gasteiger partial charge in [0.1, 0.15) is 0 Å². The second kappa shape index (κ2) is 18.8. The molecule has 0 saturated carbocycles. The predicted octanol–water partition coefficient (Wildman–Crippen LogP) is -1.15. The van der Waals surface area contributed by atoms with Crippen LogP contribution in [0, 0.1) is 0 Å². The van der Waals surface area contributed by atoms with Gasteiger partial charge in [0.05, 0.1) is 13.2 Å². The Hall–Kier alpha value is 0.239. The zero-order valence-corrected chi connectivity index (χ0v) is 4.17. The van der Waals surface area contributed by atoms with Crippen LogP contribution in [-0.2, 0) is 19.8 Å². The van der Waals surface area contributed by atoms with Gasteiger partial charge in [0, 0.05) is 0 Å². The summed E-state index contributed by atoms with van der Waals surface area (Å²) in [5.41, 5.74) is 0. The van der Waals surface area contributed by atoms with E-state index in [1.807, 2.05) is 15.9 Å². The average Bonchev–Trinajstić information content (AvgIpc) is 1.72. The molecule has 0 aromatic heterocycles. The fourth-order valence-corrected chi connectivity index (χ4v) is 0. The summed E-state index contributed by atoms with van der Waals surface area (Å²) < 4.78 is 8.00. The third-order valence-corrected chi connectivity index (χ3v) is 0.1000. The molecule has 0 spiro atoms. The molecule has 4 heteroatoms. The van der Waals surface area contributed by atoms with Crippen LogP contribution >= 0.6 is 0 Å². The standard InChI is InChI=1S/C2H6O2.Fe.O/c3-1-2-4;;/h3-4H,1-2H2;;. The number of hydrogen-bond donors (Lipinski definition) is 2. The average molecular weight is 134 g/mol. The zero-order chi connectivity index (χ0) is 5.41. The molecule has 0 saturated heterocycles. The van der Waals surface area contributed by atoms with E-state index >= 15 is 0 Å². The summed E-state index contributed by atoms with van der Waals surface area (Å²) in [6.45, 7) is -0.250. The van der Waals surface area contributed by atoms with Crippen LogP contribution in [0.1, 0.15) is 0 Å². The SMILES string of the molecule is OCCO.[O]=[Fe]. The van der Waals surface area contributed by atoms with Gasteiger partial charge in [0.25, 0.3) is 0 Å². The molecule has 2 N–H and O–H groups in total. The summed E-state index contributed by atoms with van der Waals surface area (Å²) in [7, 11) is 0. The molecule has 0 rings (SSSR count). The van der Waals surface area contributed by atoms with Gasteiger partial charge in [-0.3, -0.25) is 0 Å². The first-order chi connectivity index (χ1) is 2.91. The summed E-state index contributed by atoms with van der Waals surface area (Å²) in [4.78, 5) is 0. The second-order valence-corrected chi connectivity index (χ2v) is 0.447. The van der Waals surface area contributed by atoms with E-state index in [-0.39, 0.29) is 13.2 Å². The van der Waals surface area contributed by atoms with Crippen molar-refractivity contribution in [2.45, 2.75) is 0 Å². The molecule has 0 amide bonds. The Balaban J connectivity index is 0. The monoisotopic (exact) mass is 134 g/mol. The first-order valence-electron chi connectivity index (χ1n) is 1.28. The van der Waals surface area contributed by atoms with Gasteiger partial charge in [-0.2, -0.15) is 0 Å². The Morgan fingerprint density at radius 3 is 1.33 bits per heavy atom.